The van der Waals surface area contributed by atoms with Crippen molar-refractivity contribution in [2.75, 3.05) is 0 Å². The number of rotatable bonds is 6. The van der Waals surface area contributed by atoms with Crippen molar-refractivity contribution in [3.63, 3.8) is 0 Å². The Balaban J connectivity index is 2.80. The molecule has 0 aromatic rings. The van der Waals surface area contributed by atoms with Crippen LogP contribution in [0.25, 0.3) is 0 Å². The van der Waals surface area contributed by atoms with Crippen molar-refractivity contribution >= 4 is 14.1 Å². The summed E-state index contributed by atoms with van der Waals surface area (Å²) in [5, 5.41) is 0. The van der Waals surface area contributed by atoms with Crippen LogP contribution >= 0.6 is 0 Å². The maximum atomic E-state index is 11.3. The lowest BCUT2D eigenvalue weighted by atomic mass is 9.83. The predicted molar refractivity (Wildman–Crippen MR) is 79.2 cm³/mol. The molecule has 0 aromatic heterocycles. The van der Waals surface area contributed by atoms with E-state index in [0.717, 1.165) is 6.42 Å². The van der Waals surface area contributed by atoms with Gasteiger partial charge in [0.25, 0.3) is 0 Å². The molecule has 0 saturated carbocycles. The molecular formula is C15H28O2Si. The number of ketones is 1. The van der Waals surface area contributed by atoms with Gasteiger partial charge < -0.3 is 4.43 Å². The molecule has 104 valence electrons. The third kappa shape index (κ3) is 3.54. The molecule has 0 saturated heterocycles. The smallest absolute Gasteiger partial charge is 0.192 e. The molecule has 0 bridgehead atoms. The second kappa shape index (κ2) is 6.16. The van der Waals surface area contributed by atoms with Crippen molar-refractivity contribution in [2.24, 2.45) is 5.92 Å². The Morgan fingerprint density at radius 2 is 1.83 bits per heavy atom. The standard InChI is InChI=1S/C15H28O2Si/c1-6-18(7-2,8-3)17-15(4,5)13-9-11-14(16)12-10-13/h9,11,13H,6-8,10,12H2,1-5H3/t13-/m1/s1. The Labute approximate surface area is 113 Å². The zero-order chi connectivity index (χ0) is 13.8. The first-order chi connectivity index (χ1) is 8.39. The molecule has 0 heterocycles. The summed E-state index contributed by atoms with van der Waals surface area (Å²) in [6, 6.07) is 3.54. The lowest BCUT2D eigenvalue weighted by Gasteiger charge is -2.42. The maximum absolute atomic E-state index is 11.3. The first kappa shape index (κ1) is 15.6. The Morgan fingerprint density at radius 1 is 1.28 bits per heavy atom. The zero-order valence-electron chi connectivity index (χ0n) is 12.6. The highest BCUT2D eigenvalue weighted by molar-refractivity contribution is 6.73. The number of hydrogen-bond acceptors (Lipinski definition) is 2. The second-order valence-corrected chi connectivity index (χ2v) is 10.6. The molecular weight excluding hydrogens is 240 g/mol. The summed E-state index contributed by atoms with van der Waals surface area (Å²) in [6.07, 6.45) is 5.41. The van der Waals surface area contributed by atoms with Gasteiger partial charge in [-0.3, -0.25) is 4.79 Å². The molecule has 1 aliphatic carbocycles. The van der Waals surface area contributed by atoms with E-state index in [1.807, 2.05) is 0 Å². The quantitative estimate of drug-likeness (QED) is 0.671. The third-order valence-corrected chi connectivity index (χ3v) is 9.35. The maximum Gasteiger partial charge on any atom is 0.192 e. The molecule has 1 rings (SSSR count). The molecule has 0 aliphatic heterocycles. The van der Waals surface area contributed by atoms with E-state index in [9.17, 15) is 4.79 Å². The van der Waals surface area contributed by atoms with E-state index >= 15 is 0 Å². The summed E-state index contributed by atoms with van der Waals surface area (Å²) in [4.78, 5) is 11.3. The first-order valence-electron chi connectivity index (χ1n) is 7.30. The van der Waals surface area contributed by atoms with Crippen molar-refractivity contribution in [1.82, 2.24) is 0 Å². The van der Waals surface area contributed by atoms with Crippen LogP contribution in [0.3, 0.4) is 0 Å². The second-order valence-electron chi connectivity index (χ2n) is 5.92. The fraction of sp³-hybridized carbons (Fsp3) is 0.800. The predicted octanol–water partition coefficient (Wildman–Crippen LogP) is 4.32. The molecule has 0 unspecified atom stereocenters. The van der Waals surface area contributed by atoms with Gasteiger partial charge in [0, 0.05) is 12.3 Å². The van der Waals surface area contributed by atoms with Crippen LogP contribution in [0.15, 0.2) is 12.2 Å². The Kier molecular flexibility index (Phi) is 5.35. The van der Waals surface area contributed by atoms with Gasteiger partial charge in [-0.2, -0.15) is 0 Å². The van der Waals surface area contributed by atoms with E-state index in [-0.39, 0.29) is 11.4 Å². The third-order valence-electron chi connectivity index (χ3n) is 4.52. The van der Waals surface area contributed by atoms with E-state index in [0.29, 0.717) is 12.3 Å². The summed E-state index contributed by atoms with van der Waals surface area (Å²) in [5.41, 5.74) is -0.133. The Morgan fingerprint density at radius 3 is 2.22 bits per heavy atom. The number of carbonyl (C=O) groups is 1. The highest BCUT2D eigenvalue weighted by atomic mass is 28.4. The Bertz CT molecular complexity index is 308. The van der Waals surface area contributed by atoms with Crippen molar-refractivity contribution in [3.8, 4) is 0 Å². The van der Waals surface area contributed by atoms with E-state index in [1.54, 1.807) is 6.08 Å². The van der Waals surface area contributed by atoms with Crippen molar-refractivity contribution in [3.05, 3.63) is 12.2 Å². The SMILES string of the molecule is CC[Si](CC)(CC)OC(C)(C)[C@@H]1C=CC(=O)CC1. The summed E-state index contributed by atoms with van der Waals surface area (Å²) in [5.74, 6) is 0.638. The highest BCUT2D eigenvalue weighted by Gasteiger charge is 2.39. The summed E-state index contributed by atoms with van der Waals surface area (Å²) in [6.45, 7) is 11.2. The zero-order valence-corrected chi connectivity index (χ0v) is 13.6. The van der Waals surface area contributed by atoms with Crippen LogP contribution in [-0.2, 0) is 9.22 Å². The topological polar surface area (TPSA) is 26.3 Å². The van der Waals surface area contributed by atoms with Gasteiger partial charge in [0.1, 0.15) is 0 Å². The average molecular weight is 268 g/mol. The number of hydrogen-bond donors (Lipinski definition) is 0. The minimum atomic E-state index is -1.57. The fourth-order valence-electron chi connectivity index (χ4n) is 2.88. The van der Waals surface area contributed by atoms with E-state index in [2.05, 4.69) is 40.7 Å². The largest absolute Gasteiger partial charge is 0.411 e. The van der Waals surface area contributed by atoms with Crippen LogP contribution in [0.1, 0.15) is 47.5 Å². The number of allylic oxidation sites excluding steroid dienone is 1. The minimum absolute atomic E-state index is 0.133. The molecule has 18 heavy (non-hydrogen) atoms. The molecule has 0 amide bonds. The highest BCUT2D eigenvalue weighted by Crippen LogP contribution is 2.35. The monoisotopic (exact) mass is 268 g/mol. The van der Waals surface area contributed by atoms with Crippen LogP contribution in [-0.4, -0.2) is 19.7 Å². The van der Waals surface area contributed by atoms with E-state index < -0.39 is 8.32 Å². The van der Waals surface area contributed by atoms with Crippen LogP contribution < -0.4 is 0 Å². The lowest BCUT2D eigenvalue weighted by Crippen LogP contribution is -2.48. The first-order valence-corrected chi connectivity index (χ1v) is 9.83. The molecule has 0 radical (unpaired) electrons. The summed E-state index contributed by atoms with van der Waals surface area (Å²) < 4.78 is 6.62. The normalized spacial score (nSPS) is 21.4. The van der Waals surface area contributed by atoms with Gasteiger partial charge in [-0.05, 0) is 44.5 Å². The van der Waals surface area contributed by atoms with Crippen molar-refractivity contribution in [1.29, 1.82) is 0 Å². The van der Waals surface area contributed by atoms with Gasteiger partial charge in [-0.25, -0.2) is 0 Å². The molecule has 1 atom stereocenters. The van der Waals surface area contributed by atoms with Gasteiger partial charge in [0.05, 0.1) is 5.60 Å². The van der Waals surface area contributed by atoms with E-state index in [4.69, 9.17) is 4.43 Å². The summed E-state index contributed by atoms with van der Waals surface area (Å²) >= 11 is 0. The molecule has 0 aromatic carbocycles. The van der Waals surface area contributed by atoms with Gasteiger partial charge >= 0.3 is 0 Å². The van der Waals surface area contributed by atoms with Gasteiger partial charge in [0.2, 0.25) is 0 Å². The molecule has 2 nitrogen and oxygen atoms in total. The average Bonchev–Trinajstić information content (AvgIpc) is 2.37. The van der Waals surface area contributed by atoms with Crippen LogP contribution in [0.4, 0.5) is 0 Å². The van der Waals surface area contributed by atoms with Crippen LogP contribution in [0, 0.1) is 5.92 Å². The van der Waals surface area contributed by atoms with Crippen molar-refractivity contribution in [2.45, 2.75) is 71.2 Å². The molecule has 0 N–H and O–H groups in total. The van der Waals surface area contributed by atoms with Gasteiger partial charge in [-0.1, -0.05) is 26.8 Å². The van der Waals surface area contributed by atoms with E-state index in [1.165, 1.54) is 18.1 Å². The molecule has 0 fully saturated rings. The minimum Gasteiger partial charge on any atom is -0.411 e. The lowest BCUT2D eigenvalue weighted by molar-refractivity contribution is -0.115. The molecule has 1 aliphatic rings. The fourth-order valence-corrected chi connectivity index (χ4v) is 6.08. The van der Waals surface area contributed by atoms with Crippen LogP contribution in [0.5, 0.6) is 0 Å². The van der Waals surface area contributed by atoms with Crippen LogP contribution in [0.2, 0.25) is 18.1 Å². The Hall–Kier alpha value is -0.413. The van der Waals surface area contributed by atoms with Crippen molar-refractivity contribution < 1.29 is 9.22 Å². The molecule has 3 heteroatoms. The van der Waals surface area contributed by atoms with Gasteiger partial charge in [-0.15, -0.1) is 0 Å². The number of carbonyl (C=O) groups excluding carboxylic acids is 1. The molecule has 0 spiro atoms. The summed E-state index contributed by atoms with van der Waals surface area (Å²) in [7, 11) is -1.57. The van der Waals surface area contributed by atoms with Gasteiger partial charge in [0.15, 0.2) is 14.1 Å².